The van der Waals surface area contributed by atoms with Crippen LogP contribution in [0.5, 0.6) is 0 Å². The summed E-state index contributed by atoms with van der Waals surface area (Å²) >= 11 is 0. The van der Waals surface area contributed by atoms with E-state index in [1.54, 1.807) is 5.57 Å². The van der Waals surface area contributed by atoms with Gasteiger partial charge in [0.05, 0.1) is 0 Å². The predicted octanol–water partition coefficient (Wildman–Crippen LogP) is 4.81. The van der Waals surface area contributed by atoms with Crippen LogP contribution >= 0.6 is 0 Å². The Morgan fingerprint density at radius 3 is 2.23 bits per heavy atom. The normalized spacial score (nSPS) is 16.0. The van der Waals surface area contributed by atoms with Gasteiger partial charge in [0.2, 0.25) is 0 Å². The van der Waals surface area contributed by atoms with Crippen molar-refractivity contribution < 1.29 is 0 Å². The standard InChI is InChI=1S/C13H26/c1-7-11(2)12(3)9-8-10-13(4,5)6/h9,11H,7-8,10H2,1-6H3/b12-9-. The zero-order valence-electron chi connectivity index (χ0n) is 10.3. The molecule has 0 rings (SSSR count). The zero-order chi connectivity index (χ0) is 10.5. The van der Waals surface area contributed by atoms with Crippen molar-refractivity contribution in [1.82, 2.24) is 0 Å². The highest BCUT2D eigenvalue weighted by atomic mass is 14.1. The monoisotopic (exact) mass is 182 g/mol. The van der Waals surface area contributed by atoms with Crippen LogP contribution in [0.15, 0.2) is 11.6 Å². The summed E-state index contributed by atoms with van der Waals surface area (Å²) in [5, 5.41) is 0. The van der Waals surface area contributed by atoms with E-state index in [0.717, 1.165) is 5.92 Å². The third-order valence-corrected chi connectivity index (χ3v) is 2.75. The molecule has 0 bridgehead atoms. The number of allylic oxidation sites excluding steroid dienone is 2. The first-order valence-corrected chi connectivity index (χ1v) is 5.53. The SMILES string of the molecule is CCC(C)/C(C)=C\CCC(C)(C)C. The lowest BCUT2D eigenvalue weighted by molar-refractivity contribution is 0.380. The molecule has 0 aliphatic carbocycles. The van der Waals surface area contributed by atoms with E-state index in [1.807, 2.05) is 0 Å². The topological polar surface area (TPSA) is 0 Å². The third-order valence-electron chi connectivity index (χ3n) is 2.75. The Morgan fingerprint density at radius 1 is 1.31 bits per heavy atom. The smallest absolute Gasteiger partial charge is 0.0237 e. The van der Waals surface area contributed by atoms with Gasteiger partial charge >= 0.3 is 0 Å². The average Bonchev–Trinajstić information content (AvgIpc) is 2.00. The van der Waals surface area contributed by atoms with Crippen molar-refractivity contribution in [1.29, 1.82) is 0 Å². The summed E-state index contributed by atoms with van der Waals surface area (Å²) in [7, 11) is 0. The summed E-state index contributed by atoms with van der Waals surface area (Å²) in [6.45, 7) is 13.7. The molecule has 0 aromatic carbocycles. The second kappa shape index (κ2) is 5.47. The Kier molecular flexibility index (Phi) is 5.36. The molecule has 0 heteroatoms. The van der Waals surface area contributed by atoms with Crippen LogP contribution in [0, 0.1) is 11.3 Å². The average molecular weight is 182 g/mol. The maximum atomic E-state index is 2.42. The van der Waals surface area contributed by atoms with Crippen LogP contribution in [0.4, 0.5) is 0 Å². The van der Waals surface area contributed by atoms with Gasteiger partial charge in [0.1, 0.15) is 0 Å². The molecule has 78 valence electrons. The first-order valence-electron chi connectivity index (χ1n) is 5.53. The Hall–Kier alpha value is -0.260. The van der Waals surface area contributed by atoms with Gasteiger partial charge in [-0.25, -0.2) is 0 Å². The van der Waals surface area contributed by atoms with Crippen molar-refractivity contribution in [2.24, 2.45) is 11.3 Å². The molecular formula is C13H26. The fraction of sp³-hybridized carbons (Fsp3) is 0.846. The third kappa shape index (κ3) is 6.86. The highest BCUT2D eigenvalue weighted by Gasteiger charge is 2.08. The van der Waals surface area contributed by atoms with Gasteiger partial charge in [0.25, 0.3) is 0 Å². The Labute approximate surface area is 84.4 Å². The number of hydrogen-bond donors (Lipinski definition) is 0. The molecule has 0 aromatic rings. The largest absolute Gasteiger partial charge is 0.0853 e. The molecule has 13 heavy (non-hydrogen) atoms. The molecule has 0 radical (unpaired) electrons. The summed E-state index contributed by atoms with van der Waals surface area (Å²) < 4.78 is 0. The van der Waals surface area contributed by atoms with Crippen molar-refractivity contribution in [3.63, 3.8) is 0 Å². The lowest BCUT2D eigenvalue weighted by Gasteiger charge is -2.17. The highest BCUT2D eigenvalue weighted by Crippen LogP contribution is 2.22. The van der Waals surface area contributed by atoms with E-state index in [-0.39, 0.29) is 0 Å². The molecular weight excluding hydrogens is 156 g/mol. The maximum Gasteiger partial charge on any atom is -0.0237 e. The van der Waals surface area contributed by atoms with E-state index in [4.69, 9.17) is 0 Å². The Morgan fingerprint density at radius 2 is 1.85 bits per heavy atom. The molecule has 0 N–H and O–H groups in total. The second-order valence-electron chi connectivity index (χ2n) is 5.36. The summed E-state index contributed by atoms with van der Waals surface area (Å²) in [4.78, 5) is 0. The lowest BCUT2D eigenvalue weighted by atomic mass is 9.89. The lowest BCUT2D eigenvalue weighted by Crippen LogP contribution is -2.03. The molecule has 0 saturated heterocycles. The van der Waals surface area contributed by atoms with Crippen LogP contribution in [0.2, 0.25) is 0 Å². The summed E-state index contributed by atoms with van der Waals surface area (Å²) in [6.07, 6.45) is 6.21. The van der Waals surface area contributed by atoms with Crippen LogP contribution in [0.25, 0.3) is 0 Å². The summed E-state index contributed by atoms with van der Waals surface area (Å²) in [6, 6.07) is 0. The molecule has 0 fully saturated rings. The van der Waals surface area contributed by atoms with Crippen molar-refractivity contribution in [2.45, 2.75) is 60.8 Å². The van der Waals surface area contributed by atoms with Gasteiger partial charge in [-0.3, -0.25) is 0 Å². The number of rotatable bonds is 4. The van der Waals surface area contributed by atoms with Gasteiger partial charge in [-0.15, -0.1) is 0 Å². The van der Waals surface area contributed by atoms with Crippen LogP contribution in [-0.2, 0) is 0 Å². The molecule has 0 heterocycles. The van der Waals surface area contributed by atoms with Crippen LogP contribution in [0.3, 0.4) is 0 Å². The van der Waals surface area contributed by atoms with E-state index in [9.17, 15) is 0 Å². The molecule has 0 nitrogen and oxygen atoms in total. The van der Waals surface area contributed by atoms with Gasteiger partial charge in [-0.05, 0) is 37.5 Å². The van der Waals surface area contributed by atoms with Crippen molar-refractivity contribution in [2.75, 3.05) is 0 Å². The van der Waals surface area contributed by atoms with Crippen LogP contribution < -0.4 is 0 Å². The minimum absolute atomic E-state index is 0.478. The molecule has 0 amide bonds. The van der Waals surface area contributed by atoms with Gasteiger partial charge in [-0.2, -0.15) is 0 Å². The van der Waals surface area contributed by atoms with Crippen molar-refractivity contribution >= 4 is 0 Å². The molecule has 0 aliphatic rings. The quantitative estimate of drug-likeness (QED) is 0.548. The number of hydrogen-bond acceptors (Lipinski definition) is 0. The first kappa shape index (κ1) is 12.7. The van der Waals surface area contributed by atoms with E-state index in [1.165, 1.54) is 19.3 Å². The van der Waals surface area contributed by atoms with Crippen LogP contribution in [-0.4, -0.2) is 0 Å². The molecule has 0 aliphatic heterocycles. The minimum atomic E-state index is 0.478. The van der Waals surface area contributed by atoms with E-state index < -0.39 is 0 Å². The van der Waals surface area contributed by atoms with E-state index in [0.29, 0.717) is 5.41 Å². The summed E-state index contributed by atoms with van der Waals surface area (Å²) in [5.74, 6) is 0.764. The fourth-order valence-electron chi connectivity index (χ4n) is 1.26. The molecule has 0 saturated carbocycles. The van der Waals surface area contributed by atoms with E-state index in [2.05, 4.69) is 47.6 Å². The van der Waals surface area contributed by atoms with Gasteiger partial charge in [0, 0.05) is 0 Å². The van der Waals surface area contributed by atoms with Gasteiger partial charge in [0.15, 0.2) is 0 Å². The van der Waals surface area contributed by atoms with E-state index >= 15 is 0 Å². The Balaban J connectivity index is 3.85. The minimum Gasteiger partial charge on any atom is -0.0853 e. The second-order valence-corrected chi connectivity index (χ2v) is 5.36. The molecule has 1 atom stereocenters. The predicted molar refractivity (Wildman–Crippen MR) is 61.9 cm³/mol. The van der Waals surface area contributed by atoms with Crippen molar-refractivity contribution in [3.8, 4) is 0 Å². The van der Waals surface area contributed by atoms with Crippen molar-refractivity contribution in [3.05, 3.63) is 11.6 Å². The van der Waals surface area contributed by atoms with Crippen LogP contribution in [0.1, 0.15) is 60.8 Å². The molecule has 0 spiro atoms. The Bertz CT molecular complexity index is 157. The maximum absolute atomic E-state index is 2.42. The van der Waals surface area contributed by atoms with Gasteiger partial charge < -0.3 is 0 Å². The zero-order valence-corrected chi connectivity index (χ0v) is 10.3. The summed E-state index contributed by atoms with van der Waals surface area (Å²) in [5.41, 5.74) is 2.04. The van der Waals surface area contributed by atoms with Gasteiger partial charge in [-0.1, -0.05) is 46.3 Å². The molecule has 1 unspecified atom stereocenters. The first-order chi connectivity index (χ1) is 5.87. The fourth-order valence-corrected chi connectivity index (χ4v) is 1.26. The highest BCUT2D eigenvalue weighted by molar-refractivity contribution is 5.01. The molecule has 0 aromatic heterocycles.